The van der Waals surface area contributed by atoms with Crippen molar-refractivity contribution in [1.29, 1.82) is 0 Å². The van der Waals surface area contributed by atoms with E-state index in [9.17, 15) is 9.18 Å². The van der Waals surface area contributed by atoms with Crippen LogP contribution in [0.2, 0.25) is 5.02 Å². The Bertz CT molecular complexity index is 451. The van der Waals surface area contributed by atoms with Crippen LogP contribution in [-0.2, 0) is 10.5 Å². The third kappa shape index (κ3) is 3.89. The lowest BCUT2D eigenvalue weighted by Crippen LogP contribution is -2.32. The second-order valence-corrected chi connectivity index (χ2v) is 6.21. The standard InChI is InChI=1S/C13H15ClFNOS/c1-8(13(17)16-11-4-5-11)18-7-9-2-3-10(15)6-12(9)14/h2-3,6,8,11H,4-5,7H2,1H3,(H,16,17)/t8-/m1/s1. The number of halogens is 2. The summed E-state index contributed by atoms with van der Waals surface area (Å²) < 4.78 is 12.9. The minimum atomic E-state index is -0.340. The number of carbonyl (C=O) groups is 1. The average molecular weight is 288 g/mol. The van der Waals surface area contributed by atoms with Crippen LogP contribution in [0.1, 0.15) is 25.3 Å². The largest absolute Gasteiger partial charge is 0.352 e. The average Bonchev–Trinajstić information content (AvgIpc) is 3.11. The van der Waals surface area contributed by atoms with Crippen molar-refractivity contribution in [3.8, 4) is 0 Å². The first-order valence-corrected chi connectivity index (χ1v) is 7.35. The maximum atomic E-state index is 12.9. The summed E-state index contributed by atoms with van der Waals surface area (Å²) >= 11 is 7.44. The Kier molecular flexibility index (Phi) is 4.51. The van der Waals surface area contributed by atoms with E-state index < -0.39 is 0 Å². The van der Waals surface area contributed by atoms with Crippen LogP contribution < -0.4 is 5.32 Å². The minimum Gasteiger partial charge on any atom is -0.352 e. The smallest absolute Gasteiger partial charge is 0.233 e. The summed E-state index contributed by atoms with van der Waals surface area (Å²) in [7, 11) is 0. The number of carbonyl (C=O) groups excluding carboxylic acids is 1. The second-order valence-electron chi connectivity index (χ2n) is 4.47. The van der Waals surface area contributed by atoms with Gasteiger partial charge in [0.15, 0.2) is 0 Å². The van der Waals surface area contributed by atoms with Gasteiger partial charge in [0, 0.05) is 16.8 Å². The SMILES string of the molecule is C[C@@H](SCc1ccc(F)cc1Cl)C(=O)NC1CC1. The van der Waals surface area contributed by atoms with Crippen molar-refractivity contribution in [2.24, 2.45) is 0 Å². The van der Waals surface area contributed by atoms with Gasteiger partial charge in [-0.05, 0) is 37.5 Å². The van der Waals surface area contributed by atoms with Gasteiger partial charge in [0.1, 0.15) is 5.82 Å². The summed E-state index contributed by atoms with van der Waals surface area (Å²) in [5, 5.41) is 3.26. The first-order valence-electron chi connectivity index (χ1n) is 5.92. The molecule has 0 saturated heterocycles. The molecule has 1 saturated carbocycles. The summed E-state index contributed by atoms with van der Waals surface area (Å²) in [4.78, 5) is 11.7. The number of hydrogen-bond acceptors (Lipinski definition) is 2. The summed E-state index contributed by atoms with van der Waals surface area (Å²) in [5.41, 5.74) is 0.856. The molecule has 0 aromatic heterocycles. The molecule has 0 radical (unpaired) electrons. The topological polar surface area (TPSA) is 29.1 Å². The summed E-state index contributed by atoms with van der Waals surface area (Å²) in [6, 6.07) is 4.73. The monoisotopic (exact) mass is 287 g/mol. The Labute approximate surface area is 115 Å². The van der Waals surface area contributed by atoms with Crippen LogP contribution in [-0.4, -0.2) is 17.2 Å². The molecular weight excluding hydrogens is 273 g/mol. The normalized spacial score (nSPS) is 16.4. The number of rotatable bonds is 5. The fourth-order valence-electron chi connectivity index (χ4n) is 1.48. The van der Waals surface area contributed by atoms with E-state index in [4.69, 9.17) is 11.6 Å². The Morgan fingerprint density at radius 3 is 2.94 bits per heavy atom. The zero-order valence-electron chi connectivity index (χ0n) is 10.1. The van der Waals surface area contributed by atoms with Gasteiger partial charge in [-0.3, -0.25) is 4.79 Å². The summed E-state index contributed by atoms with van der Waals surface area (Å²) in [6.45, 7) is 1.87. The number of nitrogens with one attached hydrogen (secondary N) is 1. The lowest BCUT2D eigenvalue weighted by molar-refractivity contribution is -0.120. The number of hydrogen-bond donors (Lipinski definition) is 1. The van der Waals surface area contributed by atoms with Crippen LogP contribution in [0.15, 0.2) is 18.2 Å². The highest BCUT2D eigenvalue weighted by Gasteiger charge is 2.25. The van der Waals surface area contributed by atoms with Gasteiger partial charge in [0.05, 0.1) is 5.25 Å². The predicted molar refractivity (Wildman–Crippen MR) is 73.3 cm³/mol. The Balaban J connectivity index is 1.84. The van der Waals surface area contributed by atoms with E-state index in [-0.39, 0.29) is 17.0 Å². The van der Waals surface area contributed by atoms with Crippen molar-refractivity contribution >= 4 is 29.3 Å². The van der Waals surface area contributed by atoms with Crippen LogP contribution in [0.5, 0.6) is 0 Å². The molecule has 5 heteroatoms. The van der Waals surface area contributed by atoms with Crippen LogP contribution in [0.25, 0.3) is 0 Å². The molecule has 0 aliphatic heterocycles. The van der Waals surface area contributed by atoms with Gasteiger partial charge in [0.25, 0.3) is 0 Å². The third-order valence-corrected chi connectivity index (χ3v) is 4.34. The molecule has 1 aromatic carbocycles. The van der Waals surface area contributed by atoms with Gasteiger partial charge in [-0.1, -0.05) is 17.7 Å². The molecular formula is C13H15ClFNOS. The molecule has 1 atom stereocenters. The molecule has 0 heterocycles. The van der Waals surface area contributed by atoms with E-state index in [2.05, 4.69) is 5.32 Å². The molecule has 1 N–H and O–H groups in total. The van der Waals surface area contributed by atoms with Gasteiger partial charge in [-0.2, -0.15) is 0 Å². The minimum absolute atomic E-state index is 0.0701. The van der Waals surface area contributed by atoms with E-state index in [0.29, 0.717) is 16.8 Å². The molecule has 98 valence electrons. The van der Waals surface area contributed by atoms with E-state index in [1.54, 1.807) is 6.07 Å². The third-order valence-electron chi connectivity index (χ3n) is 2.80. The van der Waals surface area contributed by atoms with Gasteiger partial charge in [0.2, 0.25) is 5.91 Å². The molecule has 1 aliphatic rings. The highest BCUT2D eigenvalue weighted by atomic mass is 35.5. The molecule has 0 unspecified atom stereocenters. The molecule has 1 amide bonds. The number of benzene rings is 1. The van der Waals surface area contributed by atoms with Gasteiger partial charge < -0.3 is 5.32 Å². The molecule has 0 spiro atoms. The highest BCUT2D eigenvalue weighted by molar-refractivity contribution is 7.99. The van der Waals surface area contributed by atoms with E-state index in [1.807, 2.05) is 6.92 Å². The predicted octanol–water partition coefficient (Wildman–Crippen LogP) is 3.38. The van der Waals surface area contributed by atoms with Crippen LogP contribution in [0, 0.1) is 5.82 Å². The fourth-order valence-corrected chi connectivity index (χ4v) is 2.69. The van der Waals surface area contributed by atoms with Crippen LogP contribution in [0.3, 0.4) is 0 Å². The van der Waals surface area contributed by atoms with Crippen molar-refractivity contribution in [2.75, 3.05) is 0 Å². The van der Waals surface area contributed by atoms with Gasteiger partial charge in [-0.25, -0.2) is 4.39 Å². The van der Waals surface area contributed by atoms with Crippen molar-refractivity contribution in [3.63, 3.8) is 0 Å². The molecule has 18 heavy (non-hydrogen) atoms. The van der Waals surface area contributed by atoms with E-state index >= 15 is 0 Å². The van der Waals surface area contributed by atoms with Crippen molar-refractivity contribution in [3.05, 3.63) is 34.6 Å². The maximum Gasteiger partial charge on any atom is 0.233 e. The van der Waals surface area contributed by atoms with E-state index in [0.717, 1.165) is 18.4 Å². The lowest BCUT2D eigenvalue weighted by atomic mass is 10.2. The van der Waals surface area contributed by atoms with E-state index in [1.165, 1.54) is 23.9 Å². The molecule has 1 aromatic rings. The maximum absolute atomic E-state index is 12.9. The second kappa shape index (κ2) is 5.93. The highest BCUT2D eigenvalue weighted by Crippen LogP contribution is 2.25. The summed E-state index contributed by atoms with van der Waals surface area (Å²) in [6.07, 6.45) is 2.18. The first-order chi connectivity index (χ1) is 8.56. The number of thioether (sulfide) groups is 1. The van der Waals surface area contributed by atoms with Gasteiger partial charge >= 0.3 is 0 Å². The molecule has 0 bridgehead atoms. The zero-order chi connectivity index (χ0) is 13.1. The first kappa shape index (κ1) is 13.7. The Morgan fingerprint density at radius 2 is 2.33 bits per heavy atom. The number of amides is 1. The zero-order valence-corrected chi connectivity index (χ0v) is 11.7. The van der Waals surface area contributed by atoms with Crippen LogP contribution >= 0.6 is 23.4 Å². The summed E-state index contributed by atoms with van der Waals surface area (Å²) in [5.74, 6) is 0.340. The molecule has 2 nitrogen and oxygen atoms in total. The molecule has 1 fully saturated rings. The van der Waals surface area contributed by atoms with Gasteiger partial charge in [-0.15, -0.1) is 11.8 Å². The van der Waals surface area contributed by atoms with Crippen LogP contribution in [0.4, 0.5) is 4.39 Å². The fraction of sp³-hybridized carbons (Fsp3) is 0.462. The molecule has 1 aliphatic carbocycles. The quantitative estimate of drug-likeness (QED) is 0.899. The lowest BCUT2D eigenvalue weighted by Gasteiger charge is -2.12. The van der Waals surface area contributed by atoms with Crippen molar-refractivity contribution in [1.82, 2.24) is 5.32 Å². The van der Waals surface area contributed by atoms with Crippen molar-refractivity contribution in [2.45, 2.75) is 36.8 Å². The molecule has 2 rings (SSSR count). The Hall–Kier alpha value is -0.740. The van der Waals surface area contributed by atoms with Crippen molar-refractivity contribution < 1.29 is 9.18 Å². The Morgan fingerprint density at radius 1 is 1.61 bits per heavy atom.